The molecule has 140 valence electrons. The highest BCUT2D eigenvalue weighted by Gasteiger charge is 2.59. The molecule has 1 saturated heterocycles. The summed E-state index contributed by atoms with van der Waals surface area (Å²) in [4.78, 5) is 0. The van der Waals surface area contributed by atoms with Gasteiger partial charge in [-0.05, 0) is 51.4 Å². The Labute approximate surface area is 142 Å². The first-order valence-electron chi connectivity index (χ1n) is 8.25. The molecule has 11 heteroatoms. The van der Waals surface area contributed by atoms with Crippen molar-refractivity contribution in [3.05, 3.63) is 0 Å². The highest BCUT2D eigenvalue weighted by molar-refractivity contribution is 7.95. The third-order valence-electron chi connectivity index (χ3n) is 5.31. The van der Waals surface area contributed by atoms with Gasteiger partial charge in [0, 0.05) is 23.9 Å². The lowest BCUT2D eigenvalue weighted by Gasteiger charge is -2.48. The zero-order valence-corrected chi connectivity index (χ0v) is 14.9. The van der Waals surface area contributed by atoms with Crippen LogP contribution in [0.2, 0.25) is 0 Å². The van der Waals surface area contributed by atoms with E-state index in [0.29, 0.717) is 51.4 Å². The minimum Gasteiger partial charge on any atom is -0.328 e. The Balaban J connectivity index is 1.97. The molecule has 0 spiro atoms. The molecule has 1 aliphatic heterocycles. The van der Waals surface area contributed by atoms with Crippen LogP contribution in [0.15, 0.2) is 0 Å². The Hall–Kier alpha value is -0.300. The van der Waals surface area contributed by atoms with E-state index in [2.05, 4.69) is 3.63 Å². The van der Waals surface area contributed by atoms with Crippen molar-refractivity contribution in [3.63, 3.8) is 0 Å². The van der Waals surface area contributed by atoms with Crippen LogP contribution in [-0.4, -0.2) is 34.7 Å². The Bertz CT molecular complexity index is 604. The Morgan fingerprint density at radius 2 is 1.00 bits per heavy atom. The van der Waals surface area contributed by atoms with Crippen LogP contribution in [0, 0.1) is 11.8 Å². The van der Waals surface area contributed by atoms with Crippen LogP contribution < -0.4 is 11.5 Å². The van der Waals surface area contributed by atoms with Crippen molar-refractivity contribution in [1.82, 2.24) is 0 Å². The zero-order valence-electron chi connectivity index (χ0n) is 13.3. The third-order valence-corrected chi connectivity index (χ3v) is 7.58. The summed E-state index contributed by atoms with van der Waals surface area (Å²) in [6, 6.07) is 0.0391. The SMILES string of the molecule is NC1CCC(C2(C3CCC(N)CC3)OS(=O)(=O)OS(=O)(=O)O2)CC1. The van der Waals surface area contributed by atoms with Crippen molar-refractivity contribution >= 4 is 20.8 Å². The average molecular weight is 384 g/mol. The van der Waals surface area contributed by atoms with E-state index in [1.165, 1.54) is 0 Å². The minimum atomic E-state index is -4.70. The smallest absolute Gasteiger partial charge is 0.328 e. The summed E-state index contributed by atoms with van der Waals surface area (Å²) in [7, 11) is -9.40. The summed E-state index contributed by atoms with van der Waals surface area (Å²) in [6.45, 7) is 0. The van der Waals surface area contributed by atoms with Crippen molar-refractivity contribution in [1.29, 1.82) is 0 Å². The largest absolute Gasteiger partial charge is 0.419 e. The van der Waals surface area contributed by atoms with Crippen LogP contribution in [-0.2, 0) is 32.8 Å². The Kier molecular flexibility index (Phi) is 4.97. The van der Waals surface area contributed by atoms with Crippen LogP contribution in [0.5, 0.6) is 0 Å². The maximum atomic E-state index is 11.9. The van der Waals surface area contributed by atoms with Gasteiger partial charge in [0.25, 0.3) is 0 Å². The standard InChI is InChI=1S/C13H24N2O7S2/c14-11-5-1-9(2-6-11)13(10-3-7-12(15)8-4-10)20-23(16,17)22-24(18,19)21-13/h9-12H,1-8,14-15H2. The fourth-order valence-corrected chi connectivity index (χ4v) is 6.44. The summed E-state index contributed by atoms with van der Waals surface area (Å²) in [6.07, 6.45) is 4.78. The summed E-state index contributed by atoms with van der Waals surface area (Å²) in [5.74, 6) is -2.52. The third kappa shape index (κ3) is 3.76. The summed E-state index contributed by atoms with van der Waals surface area (Å²) >= 11 is 0. The van der Waals surface area contributed by atoms with Crippen molar-refractivity contribution < 1.29 is 28.8 Å². The van der Waals surface area contributed by atoms with Gasteiger partial charge < -0.3 is 11.5 Å². The lowest BCUT2D eigenvalue weighted by Crippen LogP contribution is -2.58. The second-order valence-electron chi connectivity index (χ2n) is 7.00. The van der Waals surface area contributed by atoms with Gasteiger partial charge in [-0.2, -0.15) is 16.8 Å². The van der Waals surface area contributed by atoms with E-state index in [0.717, 1.165) is 0 Å². The van der Waals surface area contributed by atoms with Gasteiger partial charge in [-0.25, -0.2) is 8.37 Å². The van der Waals surface area contributed by atoms with Gasteiger partial charge in [0.1, 0.15) is 0 Å². The van der Waals surface area contributed by atoms with E-state index >= 15 is 0 Å². The van der Waals surface area contributed by atoms with Crippen LogP contribution in [0.3, 0.4) is 0 Å². The van der Waals surface area contributed by atoms with Crippen molar-refractivity contribution in [3.8, 4) is 0 Å². The topological polar surface area (TPSA) is 148 Å². The first-order chi connectivity index (χ1) is 11.1. The average Bonchev–Trinajstić information content (AvgIpc) is 2.45. The van der Waals surface area contributed by atoms with E-state index < -0.39 is 26.6 Å². The van der Waals surface area contributed by atoms with Crippen LogP contribution in [0.4, 0.5) is 0 Å². The maximum absolute atomic E-state index is 11.9. The number of hydrogen-bond donors (Lipinski definition) is 2. The van der Waals surface area contributed by atoms with E-state index in [-0.39, 0.29) is 23.9 Å². The number of hydrogen-bond acceptors (Lipinski definition) is 9. The fourth-order valence-electron chi connectivity index (χ4n) is 4.11. The van der Waals surface area contributed by atoms with E-state index in [9.17, 15) is 16.8 Å². The van der Waals surface area contributed by atoms with E-state index in [1.54, 1.807) is 0 Å². The van der Waals surface area contributed by atoms with Gasteiger partial charge in [0.15, 0.2) is 0 Å². The van der Waals surface area contributed by atoms with E-state index in [4.69, 9.17) is 19.8 Å². The molecule has 0 amide bonds. The highest BCUT2D eigenvalue weighted by Crippen LogP contribution is 2.49. The molecule has 1 heterocycles. The molecule has 24 heavy (non-hydrogen) atoms. The quantitative estimate of drug-likeness (QED) is 0.684. The Morgan fingerprint density at radius 1 is 0.667 bits per heavy atom. The lowest BCUT2D eigenvalue weighted by atomic mass is 9.71. The van der Waals surface area contributed by atoms with Gasteiger partial charge in [0.05, 0.1) is 0 Å². The van der Waals surface area contributed by atoms with Crippen molar-refractivity contribution in [2.24, 2.45) is 23.3 Å². The summed E-state index contributed by atoms with van der Waals surface area (Å²) in [5, 5.41) is 0. The molecule has 4 N–H and O–H groups in total. The molecule has 0 bridgehead atoms. The molecule has 3 rings (SSSR count). The van der Waals surface area contributed by atoms with Gasteiger partial charge in [-0.3, -0.25) is 0 Å². The molecular formula is C13H24N2O7S2. The first-order valence-corrected chi connectivity index (χ1v) is 10.9. The van der Waals surface area contributed by atoms with Crippen LogP contribution in [0.1, 0.15) is 51.4 Å². The molecule has 0 aromatic carbocycles. The van der Waals surface area contributed by atoms with Gasteiger partial charge in [0.2, 0.25) is 5.79 Å². The van der Waals surface area contributed by atoms with Crippen molar-refractivity contribution in [2.75, 3.05) is 0 Å². The second-order valence-corrected chi connectivity index (χ2v) is 9.51. The molecule has 0 radical (unpaired) electrons. The minimum absolute atomic E-state index is 0.0196. The molecule has 0 aromatic rings. The van der Waals surface area contributed by atoms with Gasteiger partial charge in [-0.15, -0.1) is 3.63 Å². The predicted molar refractivity (Wildman–Crippen MR) is 83.7 cm³/mol. The monoisotopic (exact) mass is 384 g/mol. The highest BCUT2D eigenvalue weighted by atomic mass is 32.3. The molecule has 2 aliphatic carbocycles. The van der Waals surface area contributed by atoms with E-state index in [1.807, 2.05) is 0 Å². The second kappa shape index (κ2) is 6.45. The molecule has 3 aliphatic rings. The molecule has 9 nitrogen and oxygen atoms in total. The molecule has 3 fully saturated rings. The number of rotatable bonds is 2. The van der Waals surface area contributed by atoms with Crippen molar-refractivity contribution in [2.45, 2.75) is 69.2 Å². The normalized spacial score (nSPS) is 41.6. The Morgan fingerprint density at radius 3 is 1.33 bits per heavy atom. The predicted octanol–water partition coefficient (Wildman–Crippen LogP) is 0.271. The molecule has 2 saturated carbocycles. The molecule has 0 aromatic heterocycles. The fraction of sp³-hybridized carbons (Fsp3) is 1.00. The molecule has 0 unspecified atom stereocenters. The number of nitrogens with two attached hydrogens (primary N) is 2. The van der Waals surface area contributed by atoms with Crippen LogP contribution in [0.25, 0.3) is 0 Å². The van der Waals surface area contributed by atoms with Crippen LogP contribution >= 0.6 is 0 Å². The summed E-state index contributed by atoms with van der Waals surface area (Å²) < 4.78 is 62.2. The van der Waals surface area contributed by atoms with Gasteiger partial charge >= 0.3 is 20.8 Å². The van der Waals surface area contributed by atoms with Gasteiger partial charge in [-0.1, -0.05) is 0 Å². The zero-order chi connectivity index (χ0) is 17.6. The lowest BCUT2D eigenvalue weighted by molar-refractivity contribution is -0.218. The molecular weight excluding hydrogens is 360 g/mol. The first kappa shape index (κ1) is 18.5. The molecule has 0 atom stereocenters. The summed E-state index contributed by atoms with van der Waals surface area (Å²) in [5.41, 5.74) is 11.8. The maximum Gasteiger partial charge on any atom is 0.419 e.